The SMILES string of the molecule is C/C=C/CCC1CCC(C2CCC3CC(c4ccc(OC)c(F)c4F)CCC3C2)CC1. The minimum absolute atomic E-state index is 0.00648. The highest BCUT2D eigenvalue weighted by Gasteiger charge is 2.39. The zero-order valence-electron chi connectivity index (χ0n) is 19.4. The highest BCUT2D eigenvalue weighted by atomic mass is 19.2. The van der Waals surface area contributed by atoms with E-state index in [1.165, 1.54) is 71.3 Å². The highest BCUT2D eigenvalue weighted by Crippen LogP contribution is 2.51. The smallest absolute Gasteiger partial charge is 0.200 e. The average Bonchev–Trinajstić information content (AvgIpc) is 2.81. The summed E-state index contributed by atoms with van der Waals surface area (Å²) in [7, 11) is 1.39. The van der Waals surface area contributed by atoms with Crippen molar-refractivity contribution in [3.8, 4) is 5.75 Å². The Morgan fingerprint density at radius 2 is 1.48 bits per heavy atom. The maximum absolute atomic E-state index is 14.6. The van der Waals surface area contributed by atoms with E-state index in [1.54, 1.807) is 12.1 Å². The van der Waals surface area contributed by atoms with Gasteiger partial charge in [0.05, 0.1) is 7.11 Å². The molecule has 0 radical (unpaired) electrons. The van der Waals surface area contributed by atoms with Crippen molar-refractivity contribution in [2.45, 2.75) is 89.9 Å². The number of rotatable bonds is 6. The van der Waals surface area contributed by atoms with E-state index < -0.39 is 11.6 Å². The van der Waals surface area contributed by atoms with Gasteiger partial charge in [-0.25, -0.2) is 4.39 Å². The lowest BCUT2D eigenvalue weighted by Crippen LogP contribution is -2.34. The van der Waals surface area contributed by atoms with Crippen LogP contribution in [0.5, 0.6) is 5.75 Å². The molecule has 0 amide bonds. The molecule has 3 fully saturated rings. The molecule has 3 heteroatoms. The monoisotopic (exact) mass is 430 g/mol. The van der Waals surface area contributed by atoms with Crippen molar-refractivity contribution < 1.29 is 13.5 Å². The molecule has 0 aliphatic heterocycles. The van der Waals surface area contributed by atoms with Gasteiger partial charge < -0.3 is 4.74 Å². The first kappa shape index (κ1) is 22.8. The summed E-state index contributed by atoms with van der Waals surface area (Å²) in [6.45, 7) is 2.12. The van der Waals surface area contributed by atoms with E-state index in [0.717, 1.165) is 36.5 Å². The number of ether oxygens (including phenoxy) is 1. The van der Waals surface area contributed by atoms with Crippen LogP contribution in [0.25, 0.3) is 0 Å². The Morgan fingerprint density at radius 3 is 2.19 bits per heavy atom. The Kier molecular flexibility index (Phi) is 7.72. The number of allylic oxidation sites excluding steroid dienone is 2. The molecule has 3 aliphatic rings. The van der Waals surface area contributed by atoms with Crippen molar-refractivity contribution in [3.05, 3.63) is 41.5 Å². The van der Waals surface area contributed by atoms with Crippen LogP contribution in [-0.4, -0.2) is 7.11 Å². The summed E-state index contributed by atoms with van der Waals surface area (Å²) >= 11 is 0. The van der Waals surface area contributed by atoms with E-state index in [9.17, 15) is 8.78 Å². The average molecular weight is 431 g/mol. The molecule has 1 nitrogen and oxygen atoms in total. The van der Waals surface area contributed by atoms with Crippen LogP contribution in [0.3, 0.4) is 0 Å². The van der Waals surface area contributed by atoms with Gasteiger partial charge in [-0.15, -0.1) is 0 Å². The summed E-state index contributed by atoms with van der Waals surface area (Å²) in [5.41, 5.74) is 0.565. The Labute approximate surface area is 187 Å². The standard InChI is InChI=1S/C28H40F2O/c1-3-4-5-6-19-7-9-20(10-8-19)21-11-12-23-18-24(14-13-22(23)17-21)25-15-16-26(31-2)28(30)27(25)29/h3-4,15-16,19-24H,5-14,17-18H2,1-2H3/b4-3+. The summed E-state index contributed by atoms with van der Waals surface area (Å²) in [6, 6.07) is 3.34. The Morgan fingerprint density at radius 1 is 0.839 bits per heavy atom. The molecule has 0 heterocycles. The van der Waals surface area contributed by atoms with Crippen LogP contribution in [-0.2, 0) is 0 Å². The largest absolute Gasteiger partial charge is 0.494 e. The molecule has 0 N–H and O–H groups in total. The van der Waals surface area contributed by atoms with Crippen LogP contribution in [0.4, 0.5) is 8.78 Å². The maximum atomic E-state index is 14.6. The number of halogens is 2. The normalized spacial score (nSPS) is 33.9. The molecule has 31 heavy (non-hydrogen) atoms. The lowest BCUT2D eigenvalue weighted by molar-refractivity contribution is 0.0708. The van der Waals surface area contributed by atoms with Gasteiger partial charge in [-0.2, -0.15) is 4.39 Å². The van der Waals surface area contributed by atoms with Gasteiger partial charge in [0.25, 0.3) is 0 Å². The molecule has 1 aromatic carbocycles. The van der Waals surface area contributed by atoms with E-state index in [2.05, 4.69) is 19.1 Å². The van der Waals surface area contributed by atoms with Gasteiger partial charge in [-0.3, -0.25) is 0 Å². The second-order valence-corrected chi connectivity index (χ2v) is 10.5. The first-order chi connectivity index (χ1) is 15.1. The molecule has 0 aromatic heterocycles. The van der Waals surface area contributed by atoms with Gasteiger partial charge in [0.15, 0.2) is 11.6 Å². The van der Waals surface area contributed by atoms with E-state index in [4.69, 9.17) is 4.74 Å². The third kappa shape index (κ3) is 5.17. The highest BCUT2D eigenvalue weighted by molar-refractivity contribution is 5.33. The molecule has 0 saturated heterocycles. The molecule has 172 valence electrons. The number of hydrogen-bond donors (Lipinski definition) is 0. The van der Waals surface area contributed by atoms with E-state index in [1.807, 2.05) is 0 Å². The molecule has 4 atom stereocenters. The summed E-state index contributed by atoms with van der Waals surface area (Å²) in [4.78, 5) is 0. The number of benzene rings is 1. The van der Waals surface area contributed by atoms with Gasteiger partial charge in [-0.1, -0.05) is 31.1 Å². The molecule has 1 aromatic rings. The van der Waals surface area contributed by atoms with Gasteiger partial charge in [0.2, 0.25) is 5.82 Å². The zero-order valence-corrected chi connectivity index (χ0v) is 19.4. The summed E-state index contributed by atoms with van der Waals surface area (Å²) in [5, 5.41) is 0. The summed E-state index contributed by atoms with van der Waals surface area (Å²) in [6.07, 6.45) is 20.0. The number of methoxy groups -OCH3 is 1. The van der Waals surface area contributed by atoms with Crippen LogP contribution in [0.2, 0.25) is 0 Å². The van der Waals surface area contributed by atoms with Crippen molar-refractivity contribution in [1.29, 1.82) is 0 Å². The zero-order chi connectivity index (χ0) is 21.8. The predicted octanol–water partition coefficient (Wildman–Crippen LogP) is 8.44. The first-order valence-electron chi connectivity index (χ1n) is 12.7. The Hall–Kier alpha value is -1.38. The minimum atomic E-state index is -0.827. The van der Waals surface area contributed by atoms with Crippen molar-refractivity contribution in [1.82, 2.24) is 0 Å². The quantitative estimate of drug-likeness (QED) is 0.411. The fourth-order valence-electron chi connectivity index (χ4n) is 7.10. The van der Waals surface area contributed by atoms with Gasteiger partial charge >= 0.3 is 0 Å². The Bertz CT molecular complexity index is 750. The van der Waals surface area contributed by atoms with Crippen molar-refractivity contribution in [3.63, 3.8) is 0 Å². The van der Waals surface area contributed by atoms with Crippen molar-refractivity contribution in [2.24, 2.45) is 29.6 Å². The topological polar surface area (TPSA) is 9.23 Å². The maximum Gasteiger partial charge on any atom is 0.200 e. The number of fused-ring (bicyclic) bond motifs is 1. The van der Waals surface area contributed by atoms with Crippen LogP contribution in [0.1, 0.15) is 95.5 Å². The lowest BCUT2D eigenvalue weighted by Gasteiger charge is -2.45. The first-order valence-corrected chi connectivity index (χ1v) is 12.7. The van der Waals surface area contributed by atoms with Crippen molar-refractivity contribution in [2.75, 3.05) is 7.11 Å². The lowest BCUT2D eigenvalue weighted by atomic mass is 9.60. The van der Waals surface area contributed by atoms with Gasteiger partial charge in [0.1, 0.15) is 0 Å². The van der Waals surface area contributed by atoms with Gasteiger partial charge in [0, 0.05) is 0 Å². The number of hydrogen-bond acceptors (Lipinski definition) is 1. The molecule has 3 aliphatic carbocycles. The second-order valence-electron chi connectivity index (χ2n) is 10.5. The van der Waals surface area contributed by atoms with E-state index >= 15 is 0 Å². The Balaban J connectivity index is 1.29. The van der Waals surface area contributed by atoms with Crippen molar-refractivity contribution >= 4 is 0 Å². The van der Waals surface area contributed by atoms with E-state index in [-0.39, 0.29) is 11.7 Å². The van der Waals surface area contributed by atoms with E-state index in [0.29, 0.717) is 11.5 Å². The summed E-state index contributed by atoms with van der Waals surface area (Å²) < 4.78 is 33.8. The van der Waals surface area contributed by atoms with Gasteiger partial charge in [-0.05, 0) is 118 Å². The fourth-order valence-corrected chi connectivity index (χ4v) is 7.10. The second kappa shape index (κ2) is 10.5. The molecule has 0 bridgehead atoms. The molecular weight excluding hydrogens is 390 g/mol. The summed E-state index contributed by atoms with van der Waals surface area (Å²) in [5.74, 6) is 2.92. The molecule has 0 spiro atoms. The van der Waals surface area contributed by atoms with Crippen LogP contribution in [0, 0.1) is 41.2 Å². The molecule has 4 unspecified atom stereocenters. The fraction of sp³-hybridized carbons (Fsp3) is 0.714. The molecule has 4 rings (SSSR count). The van der Waals surface area contributed by atoms with Crippen LogP contribution < -0.4 is 4.74 Å². The van der Waals surface area contributed by atoms with Crippen LogP contribution >= 0.6 is 0 Å². The minimum Gasteiger partial charge on any atom is -0.494 e. The van der Waals surface area contributed by atoms with Crippen LogP contribution in [0.15, 0.2) is 24.3 Å². The third-order valence-corrected chi connectivity index (χ3v) is 8.93. The molecule has 3 saturated carbocycles. The molecular formula is C28H40F2O. The predicted molar refractivity (Wildman–Crippen MR) is 123 cm³/mol. The third-order valence-electron chi connectivity index (χ3n) is 8.93.